The van der Waals surface area contributed by atoms with Crippen molar-refractivity contribution >= 4 is 17.7 Å². The number of hydrogen-bond acceptors (Lipinski definition) is 4. The van der Waals surface area contributed by atoms with Crippen LogP contribution < -0.4 is 16.0 Å². The molecule has 0 aromatic heterocycles. The predicted molar refractivity (Wildman–Crippen MR) is 50.7 cm³/mol. The van der Waals surface area contributed by atoms with Crippen molar-refractivity contribution in [3.05, 3.63) is 0 Å². The van der Waals surface area contributed by atoms with E-state index in [2.05, 4.69) is 16.0 Å². The molecule has 82 valence electrons. The number of rotatable bonds is 2. The molecule has 2 aliphatic rings. The molecule has 1 atom stereocenters. The molecule has 0 aliphatic carbocycles. The third kappa shape index (κ3) is 2.15. The van der Waals surface area contributed by atoms with Gasteiger partial charge in [0, 0.05) is 19.5 Å². The molecule has 0 bridgehead atoms. The molecule has 0 saturated carbocycles. The molecule has 6 nitrogen and oxygen atoms in total. The van der Waals surface area contributed by atoms with Gasteiger partial charge in [-0.05, 0) is 6.42 Å². The highest BCUT2D eigenvalue weighted by molar-refractivity contribution is 6.01. The van der Waals surface area contributed by atoms with E-state index >= 15 is 0 Å². The SMILES string of the molecule is O=C1CCC(NC(=O)C2CNC2)C(=O)N1. The zero-order valence-corrected chi connectivity index (χ0v) is 8.21. The summed E-state index contributed by atoms with van der Waals surface area (Å²) < 4.78 is 0. The molecule has 2 rings (SSSR count). The van der Waals surface area contributed by atoms with Gasteiger partial charge in [0.05, 0.1) is 5.92 Å². The zero-order chi connectivity index (χ0) is 10.8. The van der Waals surface area contributed by atoms with Crippen LogP contribution in [0.3, 0.4) is 0 Å². The average Bonchev–Trinajstić information content (AvgIpc) is 2.07. The van der Waals surface area contributed by atoms with Gasteiger partial charge in [-0.2, -0.15) is 0 Å². The highest BCUT2D eigenvalue weighted by atomic mass is 16.2. The molecule has 1 unspecified atom stereocenters. The molecule has 0 aromatic rings. The van der Waals surface area contributed by atoms with Crippen molar-refractivity contribution < 1.29 is 14.4 Å². The highest BCUT2D eigenvalue weighted by Crippen LogP contribution is 2.07. The predicted octanol–water partition coefficient (Wildman–Crippen LogP) is -1.87. The molecular formula is C9H13N3O3. The number of amides is 3. The van der Waals surface area contributed by atoms with Crippen molar-refractivity contribution in [3.63, 3.8) is 0 Å². The molecule has 0 spiro atoms. The first-order valence-corrected chi connectivity index (χ1v) is 5.01. The Morgan fingerprint density at radius 2 is 2.07 bits per heavy atom. The summed E-state index contributed by atoms with van der Waals surface area (Å²) >= 11 is 0. The monoisotopic (exact) mass is 211 g/mol. The fraction of sp³-hybridized carbons (Fsp3) is 0.667. The third-order valence-corrected chi connectivity index (χ3v) is 2.71. The van der Waals surface area contributed by atoms with Crippen molar-refractivity contribution in [3.8, 4) is 0 Å². The van der Waals surface area contributed by atoms with E-state index in [1.807, 2.05) is 0 Å². The normalized spacial score (nSPS) is 26.8. The molecule has 2 aliphatic heterocycles. The minimum Gasteiger partial charge on any atom is -0.344 e. The van der Waals surface area contributed by atoms with E-state index in [-0.39, 0.29) is 17.7 Å². The minimum absolute atomic E-state index is 0.0320. The van der Waals surface area contributed by atoms with Gasteiger partial charge in [-0.15, -0.1) is 0 Å². The summed E-state index contributed by atoms with van der Waals surface area (Å²) in [7, 11) is 0. The number of piperidine rings is 1. The second-order valence-electron chi connectivity index (χ2n) is 3.87. The number of hydrogen-bond donors (Lipinski definition) is 3. The molecule has 3 amide bonds. The van der Waals surface area contributed by atoms with Gasteiger partial charge < -0.3 is 10.6 Å². The van der Waals surface area contributed by atoms with Gasteiger partial charge in [0.1, 0.15) is 6.04 Å². The maximum Gasteiger partial charge on any atom is 0.249 e. The Hall–Kier alpha value is -1.43. The van der Waals surface area contributed by atoms with Crippen molar-refractivity contribution in [2.75, 3.05) is 13.1 Å². The summed E-state index contributed by atoms with van der Waals surface area (Å²) in [6.45, 7) is 1.33. The summed E-state index contributed by atoms with van der Waals surface area (Å²) in [5.41, 5.74) is 0. The maximum atomic E-state index is 11.5. The van der Waals surface area contributed by atoms with Gasteiger partial charge in [-0.3, -0.25) is 19.7 Å². The lowest BCUT2D eigenvalue weighted by atomic mass is 10.0. The first kappa shape index (κ1) is 10.1. The minimum atomic E-state index is -0.546. The summed E-state index contributed by atoms with van der Waals surface area (Å²) in [5.74, 6) is -0.804. The molecule has 6 heteroatoms. The Bertz CT molecular complexity index is 312. The van der Waals surface area contributed by atoms with Crippen LogP contribution in [-0.2, 0) is 14.4 Å². The Labute approximate surface area is 86.8 Å². The van der Waals surface area contributed by atoms with E-state index in [0.717, 1.165) is 0 Å². The van der Waals surface area contributed by atoms with E-state index in [0.29, 0.717) is 25.9 Å². The Morgan fingerprint density at radius 1 is 1.33 bits per heavy atom. The number of imide groups is 1. The summed E-state index contributed by atoms with van der Waals surface area (Å²) in [6.07, 6.45) is 0.691. The molecule has 0 aromatic carbocycles. The van der Waals surface area contributed by atoms with Crippen LogP contribution in [0, 0.1) is 5.92 Å². The van der Waals surface area contributed by atoms with Crippen LogP contribution >= 0.6 is 0 Å². The molecule has 3 N–H and O–H groups in total. The molecule has 2 saturated heterocycles. The zero-order valence-electron chi connectivity index (χ0n) is 8.21. The summed E-state index contributed by atoms with van der Waals surface area (Å²) in [4.78, 5) is 33.7. The van der Waals surface area contributed by atoms with Crippen LogP contribution in [0.15, 0.2) is 0 Å². The number of nitrogens with one attached hydrogen (secondary N) is 3. The second kappa shape index (κ2) is 3.98. The van der Waals surface area contributed by atoms with Gasteiger partial charge in [-0.25, -0.2) is 0 Å². The van der Waals surface area contributed by atoms with Crippen molar-refractivity contribution in [1.29, 1.82) is 0 Å². The van der Waals surface area contributed by atoms with E-state index in [1.165, 1.54) is 0 Å². The Kier molecular flexibility index (Phi) is 2.68. The third-order valence-electron chi connectivity index (χ3n) is 2.71. The highest BCUT2D eigenvalue weighted by Gasteiger charge is 2.31. The second-order valence-corrected chi connectivity index (χ2v) is 3.87. The van der Waals surface area contributed by atoms with Gasteiger partial charge in [0.2, 0.25) is 17.7 Å². The van der Waals surface area contributed by atoms with Crippen LogP contribution in [0.25, 0.3) is 0 Å². The van der Waals surface area contributed by atoms with E-state index < -0.39 is 11.9 Å². The quantitative estimate of drug-likeness (QED) is 0.467. The molecular weight excluding hydrogens is 198 g/mol. The van der Waals surface area contributed by atoms with Gasteiger partial charge in [0.25, 0.3) is 0 Å². The van der Waals surface area contributed by atoms with Gasteiger partial charge >= 0.3 is 0 Å². The van der Waals surface area contributed by atoms with Crippen molar-refractivity contribution in [2.24, 2.45) is 5.92 Å². The van der Waals surface area contributed by atoms with Crippen LogP contribution in [0.2, 0.25) is 0 Å². The van der Waals surface area contributed by atoms with E-state index in [4.69, 9.17) is 0 Å². The van der Waals surface area contributed by atoms with Crippen molar-refractivity contribution in [1.82, 2.24) is 16.0 Å². The topological polar surface area (TPSA) is 87.3 Å². The van der Waals surface area contributed by atoms with Crippen molar-refractivity contribution in [2.45, 2.75) is 18.9 Å². The van der Waals surface area contributed by atoms with E-state index in [1.54, 1.807) is 0 Å². The Balaban J connectivity index is 1.85. The summed E-state index contributed by atoms with van der Waals surface area (Å²) in [5, 5.41) is 7.83. The van der Waals surface area contributed by atoms with Gasteiger partial charge in [-0.1, -0.05) is 0 Å². The first-order valence-electron chi connectivity index (χ1n) is 5.01. The van der Waals surface area contributed by atoms with Crippen LogP contribution in [-0.4, -0.2) is 36.9 Å². The lowest BCUT2D eigenvalue weighted by Gasteiger charge is -2.29. The number of carbonyl (C=O) groups excluding carboxylic acids is 3. The molecule has 15 heavy (non-hydrogen) atoms. The number of carbonyl (C=O) groups is 3. The standard InChI is InChI=1S/C9H13N3O3/c13-7-2-1-6(9(15)12-7)11-8(14)5-3-10-4-5/h5-6,10H,1-4H2,(H,11,14)(H,12,13,15). The smallest absolute Gasteiger partial charge is 0.249 e. The fourth-order valence-corrected chi connectivity index (χ4v) is 1.59. The lowest BCUT2D eigenvalue weighted by molar-refractivity contribution is -0.138. The molecule has 2 fully saturated rings. The van der Waals surface area contributed by atoms with E-state index in [9.17, 15) is 14.4 Å². The molecule has 2 heterocycles. The average molecular weight is 211 g/mol. The summed E-state index contributed by atoms with van der Waals surface area (Å²) in [6, 6.07) is -0.546. The first-order chi connectivity index (χ1) is 7.16. The van der Waals surface area contributed by atoms with Gasteiger partial charge in [0.15, 0.2) is 0 Å². The lowest BCUT2D eigenvalue weighted by Crippen LogP contribution is -2.57. The Morgan fingerprint density at radius 3 is 2.60 bits per heavy atom. The maximum absolute atomic E-state index is 11.5. The van der Waals surface area contributed by atoms with Crippen LogP contribution in [0.1, 0.15) is 12.8 Å². The van der Waals surface area contributed by atoms with Crippen LogP contribution in [0.4, 0.5) is 0 Å². The van der Waals surface area contributed by atoms with Crippen LogP contribution in [0.5, 0.6) is 0 Å². The fourth-order valence-electron chi connectivity index (χ4n) is 1.59. The largest absolute Gasteiger partial charge is 0.344 e. The molecule has 0 radical (unpaired) electrons.